The molecule has 0 heterocycles. The van der Waals surface area contributed by atoms with Crippen molar-refractivity contribution in [2.75, 3.05) is 6.54 Å². The van der Waals surface area contributed by atoms with Crippen LogP contribution in [0.1, 0.15) is 5.56 Å². The van der Waals surface area contributed by atoms with Gasteiger partial charge in [-0.15, -0.1) is 0 Å². The summed E-state index contributed by atoms with van der Waals surface area (Å²) in [5.41, 5.74) is 5.32. The van der Waals surface area contributed by atoms with Crippen LogP contribution >= 0.6 is 0 Å². The van der Waals surface area contributed by atoms with Crippen LogP contribution in [0.25, 0.3) is 0 Å². The zero-order valence-electron chi connectivity index (χ0n) is 9.64. The van der Waals surface area contributed by atoms with Gasteiger partial charge in [0.25, 0.3) is 10.0 Å². The second-order valence-electron chi connectivity index (χ2n) is 3.52. The minimum Gasteiger partial charge on any atom is -0.368 e. The number of nitrogens with two attached hydrogens (primary N) is 1. The third-order valence-corrected chi connectivity index (χ3v) is 3.52. The molecule has 3 amide bonds. The van der Waals surface area contributed by atoms with Crippen LogP contribution in [-0.4, -0.2) is 26.9 Å². The van der Waals surface area contributed by atoms with Crippen LogP contribution in [0, 0.1) is 6.92 Å². The molecule has 0 bridgehead atoms. The molecule has 0 aliphatic rings. The molecule has 0 aliphatic carbocycles. The van der Waals surface area contributed by atoms with E-state index >= 15 is 0 Å². The van der Waals surface area contributed by atoms with Crippen molar-refractivity contribution in [3.63, 3.8) is 0 Å². The van der Waals surface area contributed by atoms with Gasteiger partial charge in [-0.25, -0.2) is 17.9 Å². The van der Waals surface area contributed by atoms with Gasteiger partial charge in [0.05, 0.1) is 11.4 Å². The highest BCUT2D eigenvalue weighted by Crippen LogP contribution is 2.13. The molecule has 7 nitrogen and oxygen atoms in total. The molecule has 1 rings (SSSR count). The second kappa shape index (κ2) is 5.50. The van der Waals surface area contributed by atoms with Crippen LogP contribution in [0.4, 0.5) is 4.79 Å². The number of aryl methyl sites for hydroxylation is 1. The lowest BCUT2D eigenvalue weighted by molar-refractivity contribution is -0.117. The number of urea groups is 1. The number of sulfonamides is 1. The van der Waals surface area contributed by atoms with E-state index in [4.69, 9.17) is 5.73 Å². The number of hydrogen-bond donors (Lipinski definition) is 3. The van der Waals surface area contributed by atoms with Crippen molar-refractivity contribution in [2.45, 2.75) is 11.8 Å². The van der Waals surface area contributed by atoms with E-state index in [-0.39, 0.29) is 4.90 Å². The first-order chi connectivity index (χ1) is 8.33. The van der Waals surface area contributed by atoms with Gasteiger partial charge in [-0.3, -0.25) is 4.79 Å². The molecule has 0 atom stereocenters. The summed E-state index contributed by atoms with van der Waals surface area (Å²) in [6.45, 7) is 1.17. The SMILES string of the molecule is Cc1ccccc1S(=O)(=O)NC(=O)NCC(N)=O. The molecule has 0 aromatic heterocycles. The molecule has 0 saturated carbocycles. The first kappa shape index (κ1) is 14.0. The van der Waals surface area contributed by atoms with Crippen molar-refractivity contribution in [2.24, 2.45) is 5.73 Å². The first-order valence-corrected chi connectivity index (χ1v) is 6.46. The molecule has 0 saturated heterocycles. The summed E-state index contributed by atoms with van der Waals surface area (Å²) in [6, 6.07) is 5.20. The fraction of sp³-hybridized carbons (Fsp3) is 0.200. The molecule has 8 heteroatoms. The third-order valence-electron chi connectivity index (χ3n) is 2.03. The van der Waals surface area contributed by atoms with Crippen molar-refractivity contribution >= 4 is 22.0 Å². The van der Waals surface area contributed by atoms with Gasteiger partial charge >= 0.3 is 6.03 Å². The maximum atomic E-state index is 11.8. The van der Waals surface area contributed by atoms with Crippen molar-refractivity contribution < 1.29 is 18.0 Å². The molecule has 18 heavy (non-hydrogen) atoms. The van der Waals surface area contributed by atoms with Gasteiger partial charge in [0.2, 0.25) is 5.91 Å². The predicted molar refractivity (Wildman–Crippen MR) is 64.1 cm³/mol. The number of hydrogen-bond acceptors (Lipinski definition) is 4. The molecule has 0 fully saturated rings. The summed E-state index contributed by atoms with van der Waals surface area (Å²) in [7, 11) is -3.95. The van der Waals surface area contributed by atoms with Gasteiger partial charge < -0.3 is 11.1 Å². The zero-order chi connectivity index (χ0) is 13.8. The van der Waals surface area contributed by atoms with Crippen LogP contribution in [0.15, 0.2) is 29.2 Å². The monoisotopic (exact) mass is 271 g/mol. The number of primary amides is 1. The van der Waals surface area contributed by atoms with Crippen LogP contribution in [-0.2, 0) is 14.8 Å². The van der Waals surface area contributed by atoms with E-state index in [0.29, 0.717) is 5.56 Å². The minimum atomic E-state index is -3.95. The van der Waals surface area contributed by atoms with Gasteiger partial charge in [-0.05, 0) is 18.6 Å². The molecule has 4 N–H and O–H groups in total. The number of rotatable bonds is 4. The van der Waals surface area contributed by atoms with Gasteiger partial charge in [-0.2, -0.15) is 0 Å². The summed E-state index contributed by atoms with van der Waals surface area (Å²) in [5.74, 6) is -0.765. The summed E-state index contributed by atoms with van der Waals surface area (Å²) < 4.78 is 25.4. The maximum absolute atomic E-state index is 11.8. The summed E-state index contributed by atoms with van der Waals surface area (Å²) in [5, 5.41) is 2.02. The Morgan fingerprint density at radius 3 is 2.44 bits per heavy atom. The van der Waals surface area contributed by atoms with Crippen molar-refractivity contribution in [3.05, 3.63) is 29.8 Å². The Kier molecular flexibility index (Phi) is 4.27. The Balaban J connectivity index is 2.80. The molecule has 1 aromatic rings. The zero-order valence-corrected chi connectivity index (χ0v) is 10.5. The molecule has 0 unspecified atom stereocenters. The molecule has 1 aromatic carbocycles. The minimum absolute atomic E-state index is 0.000718. The van der Waals surface area contributed by atoms with Crippen LogP contribution in [0.5, 0.6) is 0 Å². The summed E-state index contributed by atoms with van der Waals surface area (Å²) >= 11 is 0. The van der Waals surface area contributed by atoms with E-state index in [1.54, 1.807) is 29.8 Å². The smallest absolute Gasteiger partial charge is 0.329 e. The van der Waals surface area contributed by atoms with Crippen LogP contribution in [0.3, 0.4) is 0 Å². The van der Waals surface area contributed by atoms with Crippen molar-refractivity contribution in [3.8, 4) is 0 Å². The van der Waals surface area contributed by atoms with Gasteiger partial charge in [0.1, 0.15) is 0 Å². The van der Waals surface area contributed by atoms with Crippen LogP contribution in [0.2, 0.25) is 0 Å². The molecular formula is C10H13N3O4S. The molecule has 98 valence electrons. The lowest BCUT2D eigenvalue weighted by Gasteiger charge is -2.09. The fourth-order valence-electron chi connectivity index (χ4n) is 1.24. The number of amides is 3. The van der Waals surface area contributed by atoms with Crippen LogP contribution < -0.4 is 15.8 Å². The molecule has 0 radical (unpaired) electrons. The fourth-order valence-corrected chi connectivity index (χ4v) is 2.41. The quantitative estimate of drug-likeness (QED) is 0.682. The van der Waals surface area contributed by atoms with Crippen molar-refractivity contribution in [1.29, 1.82) is 0 Å². The van der Waals surface area contributed by atoms with Crippen molar-refractivity contribution in [1.82, 2.24) is 10.0 Å². The molecule has 0 spiro atoms. The first-order valence-electron chi connectivity index (χ1n) is 4.97. The Bertz CT molecular complexity index is 568. The normalized spacial score (nSPS) is 10.7. The van der Waals surface area contributed by atoms with E-state index in [9.17, 15) is 18.0 Å². The number of nitrogens with one attached hydrogen (secondary N) is 2. The summed E-state index contributed by atoms with van der Waals surface area (Å²) in [6.07, 6.45) is 0. The Morgan fingerprint density at radius 2 is 1.89 bits per heavy atom. The van der Waals surface area contributed by atoms with E-state index < -0.39 is 28.5 Å². The van der Waals surface area contributed by atoms with Gasteiger partial charge in [-0.1, -0.05) is 18.2 Å². The predicted octanol–water partition coefficient (Wildman–Crippen LogP) is -0.532. The number of carbonyl (C=O) groups excluding carboxylic acids is 2. The highest BCUT2D eigenvalue weighted by molar-refractivity contribution is 7.90. The largest absolute Gasteiger partial charge is 0.368 e. The average molecular weight is 271 g/mol. The lowest BCUT2D eigenvalue weighted by Crippen LogP contribution is -2.43. The number of benzene rings is 1. The summed E-state index contributed by atoms with van der Waals surface area (Å²) in [4.78, 5) is 21.7. The molecular weight excluding hydrogens is 258 g/mol. The van der Waals surface area contributed by atoms with Gasteiger partial charge in [0.15, 0.2) is 0 Å². The topological polar surface area (TPSA) is 118 Å². The molecule has 0 aliphatic heterocycles. The second-order valence-corrected chi connectivity index (χ2v) is 5.17. The number of carbonyl (C=O) groups is 2. The highest BCUT2D eigenvalue weighted by atomic mass is 32.2. The maximum Gasteiger partial charge on any atom is 0.329 e. The van der Waals surface area contributed by atoms with E-state index in [0.717, 1.165) is 0 Å². The van der Waals surface area contributed by atoms with E-state index in [1.807, 2.05) is 5.32 Å². The lowest BCUT2D eigenvalue weighted by atomic mass is 10.2. The Morgan fingerprint density at radius 1 is 1.28 bits per heavy atom. The average Bonchev–Trinajstić information content (AvgIpc) is 2.26. The van der Waals surface area contributed by atoms with E-state index in [1.165, 1.54) is 6.07 Å². The van der Waals surface area contributed by atoms with Gasteiger partial charge in [0, 0.05) is 0 Å². The van der Waals surface area contributed by atoms with E-state index in [2.05, 4.69) is 0 Å². The highest BCUT2D eigenvalue weighted by Gasteiger charge is 2.19. The third kappa shape index (κ3) is 3.74. The Hall–Kier alpha value is -2.09. The Labute approximate surface area is 104 Å². The standard InChI is InChI=1S/C10H13N3O4S/c1-7-4-2-3-5-8(7)18(16,17)13-10(15)12-6-9(11)14/h2-5H,6H2,1H3,(H2,11,14)(H2,12,13,15).